The van der Waals surface area contributed by atoms with Gasteiger partial charge in [-0.25, -0.2) is 0 Å². The van der Waals surface area contributed by atoms with Crippen molar-refractivity contribution in [2.45, 2.75) is 32.1 Å². The molecule has 2 nitrogen and oxygen atoms in total. The van der Waals surface area contributed by atoms with Crippen molar-refractivity contribution in [3.63, 3.8) is 0 Å². The highest BCUT2D eigenvalue weighted by Crippen LogP contribution is 2.15. The maximum Gasteiger partial charge on any atom is 0.133 e. The van der Waals surface area contributed by atoms with E-state index < -0.39 is 0 Å². The Bertz CT molecular complexity index is 171. The third-order valence-electron chi connectivity index (χ3n) is 2.62. The molecule has 1 rings (SSSR count). The maximum atomic E-state index is 11.3. The van der Waals surface area contributed by atoms with Crippen LogP contribution >= 0.6 is 0 Å². The molecule has 1 heterocycles. The van der Waals surface area contributed by atoms with E-state index in [9.17, 15) is 4.79 Å². The average molecular weight is 181 g/mol. The highest BCUT2D eigenvalue weighted by molar-refractivity contribution is 5.78. The fraction of sp³-hybridized carbons (Fsp3) is 0.727. The number of carbonyl (C=O) groups excluding carboxylic acids is 1. The molecule has 0 radical (unpaired) electrons. The van der Waals surface area contributed by atoms with Gasteiger partial charge in [-0.1, -0.05) is 6.08 Å². The summed E-state index contributed by atoms with van der Waals surface area (Å²) in [6, 6.07) is 0. The number of rotatable bonds is 6. The lowest BCUT2D eigenvalue weighted by Gasteiger charge is -2.05. The Hall–Kier alpha value is -0.630. The predicted octanol–water partition coefficient (Wildman–Crippen LogP) is 1.91. The van der Waals surface area contributed by atoms with Crippen LogP contribution in [0.4, 0.5) is 0 Å². The minimum Gasteiger partial charge on any atom is -0.316 e. The van der Waals surface area contributed by atoms with Crippen LogP contribution in [0.2, 0.25) is 0 Å². The van der Waals surface area contributed by atoms with Crippen molar-refractivity contribution >= 4 is 5.78 Å². The number of Topliss-reactive ketones (excluding diaryl/α,β-unsaturated/α-hetero) is 1. The zero-order valence-electron chi connectivity index (χ0n) is 8.22. The molecule has 1 aliphatic heterocycles. The van der Waals surface area contributed by atoms with E-state index in [-0.39, 0.29) is 0 Å². The topological polar surface area (TPSA) is 29.1 Å². The largest absolute Gasteiger partial charge is 0.316 e. The quantitative estimate of drug-likeness (QED) is 0.634. The van der Waals surface area contributed by atoms with Crippen molar-refractivity contribution in [3.8, 4) is 0 Å². The normalized spacial score (nSPS) is 21.7. The van der Waals surface area contributed by atoms with Gasteiger partial charge in [0.25, 0.3) is 0 Å². The molecule has 1 unspecified atom stereocenters. The molecule has 0 amide bonds. The molecule has 2 heteroatoms. The lowest BCUT2D eigenvalue weighted by molar-refractivity contribution is -0.119. The lowest BCUT2D eigenvalue weighted by atomic mass is 9.99. The molecule has 0 saturated carbocycles. The van der Waals surface area contributed by atoms with Crippen molar-refractivity contribution in [2.75, 3.05) is 13.1 Å². The second kappa shape index (κ2) is 5.92. The van der Waals surface area contributed by atoms with Crippen LogP contribution in [0.3, 0.4) is 0 Å². The fourth-order valence-electron chi connectivity index (χ4n) is 1.71. The van der Waals surface area contributed by atoms with Crippen LogP contribution < -0.4 is 5.32 Å². The number of allylic oxidation sites excluding steroid dienone is 1. The van der Waals surface area contributed by atoms with Gasteiger partial charge in [-0.05, 0) is 38.3 Å². The van der Waals surface area contributed by atoms with Gasteiger partial charge in [-0.15, -0.1) is 6.58 Å². The first-order chi connectivity index (χ1) is 6.33. The highest BCUT2D eigenvalue weighted by atomic mass is 16.1. The minimum absolute atomic E-state index is 0.395. The first-order valence-corrected chi connectivity index (χ1v) is 5.16. The van der Waals surface area contributed by atoms with E-state index in [0.29, 0.717) is 12.2 Å². The van der Waals surface area contributed by atoms with Gasteiger partial charge >= 0.3 is 0 Å². The Kier molecular flexibility index (Phi) is 4.76. The number of hydrogen-bond acceptors (Lipinski definition) is 2. The van der Waals surface area contributed by atoms with E-state index in [2.05, 4.69) is 11.9 Å². The first kappa shape index (κ1) is 10.5. The van der Waals surface area contributed by atoms with E-state index in [1.807, 2.05) is 6.08 Å². The molecule has 0 aromatic heterocycles. The monoisotopic (exact) mass is 181 g/mol. The van der Waals surface area contributed by atoms with Crippen LogP contribution in [0.15, 0.2) is 12.7 Å². The Morgan fingerprint density at radius 1 is 1.54 bits per heavy atom. The average Bonchev–Trinajstić information content (AvgIpc) is 2.64. The second-order valence-corrected chi connectivity index (χ2v) is 3.76. The van der Waals surface area contributed by atoms with Gasteiger partial charge in [-0.3, -0.25) is 4.79 Å². The Morgan fingerprint density at radius 2 is 2.38 bits per heavy atom. The Labute approximate surface area is 80.4 Å². The third kappa shape index (κ3) is 4.23. The zero-order valence-corrected chi connectivity index (χ0v) is 8.22. The van der Waals surface area contributed by atoms with Crippen molar-refractivity contribution in [2.24, 2.45) is 5.92 Å². The van der Waals surface area contributed by atoms with Gasteiger partial charge in [-0.2, -0.15) is 0 Å². The molecule has 0 aromatic carbocycles. The lowest BCUT2D eigenvalue weighted by Crippen LogP contribution is -2.10. The van der Waals surface area contributed by atoms with Gasteiger partial charge < -0.3 is 5.32 Å². The minimum atomic E-state index is 0.395. The smallest absolute Gasteiger partial charge is 0.133 e. The molecule has 0 bridgehead atoms. The van der Waals surface area contributed by atoms with Crippen LogP contribution in [0.1, 0.15) is 32.1 Å². The van der Waals surface area contributed by atoms with Gasteiger partial charge in [0.1, 0.15) is 5.78 Å². The standard InChI is InChI=1S/C11H19NO/c1-2-3-4-11(13)6-5-10-7-8-12-9-10/h2,10,12H,1,3-9H2. The Morgan fingerprint density at radius 3 is 3.00 bits per heavy atom. The summed E-state index contributed by atoms with van der Waals surface area (Å²) < 4.78 is 0. The van der Waals surface area contributed by atoms with Crippen LogP contribution in [0.5, 0.6) is 0 Å². The van der Waals surface area contributed by atoms with Crippen molar-refractivity contribution < 1.29 is 4.79 Å². The fourth-order valence-corrected chi connectivity index (χ4v) is 1.71. The van der Waals surface area contributed by atoms with E-state index in [1.54, 1.807) is 0 Å². The molecular weight excluding hydrogens is 162 g/mol. The summed E-state index contributed by atoms with van der Waals surface area (Å²) in [6.45, 7) is 5.84. The third-order valence-corrected chi connectivity index (χ3v) is 2.62. The summed E-state index contributed by atoms with van der Waals surface area (Å²) in [4.78, 5) is 11.3. The van der Waals surface area contributed by atoms with E-state index in [4.69, 9.17) is 0 Å². The van der Waals surface area contributed by atoms with Gasteiger partial charge in [0.15, 0.2) is 0 Å². The van der Waals surface area contributed by atoms with Crippen molar-refractivity contribution in [3.05, 3.63) is 12.7 Å². The molecule has 0 aromatic rings. The van der Waals surface area contributed by atoms with Gasteiger partial charge in [0, 0.05) is 12.8 Å². The molecule has 13 heavy (non-hydrogen) atoms. The van der Waals surface area contributed by atoms with Crippen LogP contribution in [-0.4, -0.2) is 18.9 Å². The van der Waals surface area contributed by atoms with E-state index in [0.717, 1.165) is 38.3 Å². The molecule has 1 N–H and O–H groups in total. The van der Waals surface area contributed by atoms with Crippen LogP contribution in [0.25, 0.3) is 0 Å². The molecule has 0 spiro atoms. The molecule has 1 fully saturated rings. The number of nitrogens with one attached hydrogen (secondary N) is 1. The number of carbonyl (C=O) groups is 1. The first-order valence-electron chi connectivity index (χ1n) is 5.16. The molecule has 1 aliphatic rings. The highest BCUT2D eigenvalue weighted by Gasteiger charge is 2.15. The van der Waals surface area contributed by atoms with E-state index >= 15 is 0 Å². The van der Waals surface area contributed by atoms with E-state index in [1.165, 1.54) is 6.42 Å². The summed E-state index contributed by atoms with van der Waals surface area (Å²) in [5.41, 5.74) is 0. The van der Waals surface area contributed by atoms with Crippen LogP contribution in [-0.2, 0) is 4.79 Å². The number of hydrogen-bond donors (Lipinski definition) is 1. The summed E-state index contributed by atoms with van der Waals surface area (Å²) in [6.07, 6.45) is 6.42. The number of ketones is 1. The SMILES string of the molecule is C=CCCC(=O)CCC1CCNC1. The molecule has 74 valence electrons. The van der Waals surface area contributed by atoms with Crippen molar-refractivity contribution in [1.29, 1.82) is 0 Å². The maximum absolute atomic E-state index is 11.3. The molecule has 1 atom stereocenters. The van der Waals surface area contributed by atoms with Crippen molar-refractivity contribution in [1.82, 2.24) is 5.32 Å². The molecule has 1 saturated heterocycles. The van der Waals surface area contributed by atoms with Gasteiger partial charge in [0.2, 0.25) is 0 Å². The zero-order chi connectivity index (χ0) is 9.52. The summed E-state index contributed by atoms with van der Waals surface area (Å²) in [7, 11) is 0. The molecule has 0 aliphatic carbocycles. The summed E-state index contributed by atoms with van der Waals surface area (Å²) in [5.74, 6) is 1.14. The van der Waals surface area contributed by atoms with Gasteiger partial charge in [0.05, 0.1) is 0 Å². The summed E-state index contributed by atoms with van der Waals surface area (Å²) in [5, 5.41) is 3.31. The Balaban J connectivity index is 2.03. The van der Waals surface area contributed by atoms with Crippen LogP contribution in [0, 0.1) is 5.92 Å². The predicted molar refractivity (Wildman–Crippen MR) is 54.6 cm³/mol. The molecular formula is C11H19NO. The second-order valence-electron chi connectivity index (χ2n) is 3.76. The summed E-state index contributed by atoms with van der Waals surface area (Å²) >= 11 is 0.